The summed E-state index contributed by atoms with van der Waals surface area (Å²) in [6.07, 6.45) is 51.3. The normalized spacial score (nSPS) is 11.7. The summed E-state index contributed by atoms with van der Waals surface area (Å²) in [5.41, 5.74) is 0. The highest BCUT2D eigenvalue weighted by Crippen LogP contribution is 2.15. The van der Waals surface area contributed by atoms with E-state index in [2.05, 4.69) is 63.1 Å². The van der Waals surface area contributed by atoms with Crippen molar-refractivity contribution in [3.8, 4) is 0 Å². The maximum absolute atomic E-state index is 10.1. The summed E-state index contributed by atoms with van der Waals surface area (Å²) in [5.74, 6) is -0.909. The van der Waals surface area contributed by atoms with E-state index in [4.69, 9.17) is 10.2 Å². The summed E-state index contributed by atoms with van der Waals surface area (Å²) in [6.45, 7) is 10.9. The van der Waals surface area contributed by atoms with Crippen LogP contribution in [0.25, 0.3) is 0 Å². The fourth-order valence-corrected chi connectivity index (χ4v) is 7.14. The number of aliphatic hydroxyl groups excluding tert-OH is 2. The van der Waals surface area contributed by atoms with Crippen LogP contribution >= 0.6 is 0 Å². The first-order chi connectivity index (χ1) is 28.2. The van der Waals surface area contributed by atoms with Crippen LogP contribution in [-0.4, -0.2) is 93.2 Å². The first kappa shape index (κ1) is 68.8. The van der Waals surface area contributed by atoms with Gasteiger partial charge in [0.15, 0.2) is 0 Å². The molecule has 1 unspecified atom stereocenters. The summed E-state index contributed by atoms with van der Waals surface area (Å²) >= 11 is 0. The lowest BCUT2D eigenvalue weighted by atomic mass is 10.0. The lowest BCUT2D eigenvalue weighted by Crippen LogP contribution is -3.00. The molecule has 0 amide bonds. The number of carboxylic acid groups (broad SMARTS) is 1. The number of aliphatic hydroxyl groups is 2. The fraction of sp³-hybridized carbons (Fsp3) is 0.981. The van der Waals surface area contributed by atoms with Crippen LogP contribution in [0.2, 0.25) is 0 Å². The van der Waals surface area contributed by atoms with E-state index in [1.54, 1.807) is 0 Å². The van der Waals surface area contributed by atoms with E-state index in [0.29, 0.717) is 0 Å². The Bertz CT molecular complexity index is 712. The third kappa shape index (κ3) is 85.1. The Kier molecular flexibility index (Phi) is 65.2. The molecule has 0 fully saturated rings. The molecule has 0 aliphatic heterocycles. The quantitative estimate of drug-likeness (QED) is 0.0473. The highest BCUT2D eigenvalue weighted by Gasteiger charge is 2.06. The van der Waals surface area contributed by atoms with Crippen molar-refractivity contribution in [2.75, 3.05) is 62.0 Å². The minimum atomic E-state index is -0.909. The molecule has 0 radical (unpaired) electrons. The van der Waals surface area contributed by atoms with Gasteiger partial charge in [-0.15, -0.1) is 0 Å². The number of nitrogens with zero attached hydrogens (tertiary/aromatic N) is 2. The second kappa shape index (κ2) is 56.8. The molecule has 0 heterocycles. The smallest absolute Gasteiger partial charge is 0.0780 e. The molecule has 0 aromatic heterocycles. The molecule has 0 saturated heterocycles. The van der Waals surface area contributed by atoms with Gasteiger partial charge in [-0.3, -0.25) is 0 Å². The Balaban J connectivity index is -0.000000239. The van der Waals surface area contributed by atoms with Gasteiger partial charge in [0, 0.05) is 5.97 Å². The zero-order valence-corrected chi connectivity index (χ0v) is 44.6. The van der Waals surface area contributed by atoms with E-state index in [1.165, 1.54) is 245 Å². The van der Waals surface area contributed by atoms with Gasteiger partial charge in [-0.05, 0) is 45.4 Å². The number of hydrogen-bond donors (Lipinski definition) is 2. The Morgan fingerprint density at radius 1 is 0.400 bits per heavy atom. The Hall–Kier alpha value is -0.210. The van der Waals surface area contributed by atoms with Crippen molar-refractivity contribution in [1.82, 2.24) is 0 Å². The summed E-state index contributed by atoms with van der Waals surface area (Å²) < 4.78 is 2.25. The molecule has 0 rings (SSSR count). The molecule has 0 aromatic carbocycles. The molecule has 7 heteroatoms. The average Bonchev–Trinajstić information content (AvgIpc) is 3.17. The molecule has 60 heavy (non-hydrogen) atoms. The van der Waals surface area contributed by atoms with Gasteiger partial charge in [-0.25, -0.2) is 0 Å². The van der Waals surface area contributed by atoms with Gasteiger partial charge in [0.25, 0.3) is 0 Å². The van der Waals surface area contributed by atoms with Gasteiger partial charge in [0.2, 0.25) is 0 Å². The molecule has 1 atom stereocenters. The van der Waals surface area contributed by atoms with Crippen LogP contribution in [0, 0.1) is 0 Å². The van der Waals surface area contributed by atoms with E-state index < -0.39 is 12.1 Å². The zero-order chi connectivity index (χ0) is 45.1. The maximum Gasteiger partial charge on any atom is 0.0780 e. The number of halogens is 1. The molecule has 0 aliphatic carbocycles. The van der Waals surface area contributed by atoms with Crippen LogP contribution in [0.4, 0.5) is 0 Å². The van der Waals surface area contributed by atoms with Gasteiger partial charge in [-0.2, -0.15) is 0 Å². The second-order valence-electron chi connectivity index (χ2n) is 20.2. The van der Waals surface area contributed by atoms with Crippen molar-refractivity contribution >= 4 is 5.97 Å². The number of rotatable bonds is 41. The molecular weight excluding hydrogens is 808 g/mol. The lowest BCUT2D eigenvalue weighted by molar-refractivity contribution is -0.870. The highest BCUT2D eigenvalue weighted by atomic mass is 79.9. The largest absolute Gasteiger partial charge is 1.00 e. The number of unbranched alkanes of at least 4 members (excludes halogenated alkanes) is 34. The third-order valence-corrected chi connectivity index (χ3v) is 11.1. The summed E-state index contributed by atoms with van der Waals surface area (Å²) in [7, 11) is 13.8. The molecular formula is C53H115BrN2O4. The standard InChI is InChI=1S/2C19H42N.C12H24O2.C3H8O2.BrH/c2*1-5-6-7-8-9-10-11-12-13-14-15-16-17-18-19-20(2,3)4;1-2-3-4-5-6-7-8-9-10-11-12(13)14;1-3(5)2-4;/h2*5-19H2,1-4H3;2-11H2,1H3,(H,13,14);3-5H,2H2,1H3;1H/q2*+1;;;/p-2. The minimum absolute atomic E-state index is 0. The van der Waals surface area contributed by atoms with Gasteiger partial charge in [0.05, 0.1) is 68.1 Å². The number of carboxylic acids is 1. The summed E-state index contributed by atoms with van der Waals surface area (Å²) in [4.78, 5) is 10.1. The Morgan fingerprint density at radius 3 is 0.717 bits per heavy atom. The topological polar surface area (TPSA) is 80.6 Å². The molecule has 0 saturated carbocycles. The average molecular weight is 924 g/mol. The fourth-order valence-electron chi connectivity index (χ4n) is 7.14. The van der Waals surface area contributed by atoms with E-state index in [-0.39, 0.29) is 30.0 Å². The zero-order valence-electron chi connectivity index (χ0n) is 43.1. The predicted octanol–water partition coefficient (Wildman–Crippen LogP) is 11.4. The van der Waals surface area contributed by atoms with Crippen LogP contribution in [0.5, 0.6) is 0 Å². The number of aliphatic carboxylic acids is 1. The Labute approximate surface area is 390 Å². The maximum atomic E-state index is 10.1. The van der Waals surface area contributed by atoms with Crippen LogP contribution in [-0.2, 0) is 4.79 Å². The highest BCUT2D eigenvalue weighted by molar-refractivity contribution is 5.64. The number of hydrogen-bond acceptors (Lipinski definition) is 4. The van der Waals surface area contributed by atoms with Crippen molar-refractivity contribution in [1.29, 1.82) is 0 Å². The summed E-state index contributed by atoms with van der Waals surface area (Å²) in [6, 6.07) is 0. The van der Waals surface area contributed by atoms with Crippen LogP contribution in [0.3, 0.4) is 0 Å². The van der Waals surface area contributed by atoms with Gasteiger partial charge in [-0.1, -0.05) is 226 Å². The molecule has 0 spiro atoms. The predicted molar refractivity (Wildman–Crippen MR) is 262 cm³/mol. The van der Waals surface area contributed by atoms with Gasteiger partial charge < -0.3 is 46.1 Å². The van der Waals surface area contributed by atoms with Crippen molar-refractivity contribution < 1.29 is 46.1 Å². The molecule has 6 nitrogen and oxygen atoms in total. The van der Waals surface area contributed by atoms with Crippen LogP contribution in [0.1, 0.15) is 272 Å². The third-order valence-electron chi connectivity index (χ3n) is 11.1. The monoisotopic (exact) mass is 923 g/mol. The van der Waals surface area contributed by atoms with E-state index in [1.807, 2.05) is 0 Å². The van der Waals surface area contributed by atoms with Crippen LogP contribution in [0.15, 0.2) is 0 Å². The number of quaternary nitrogens is 2. The molecule has 2 N–H and O–H groups in total. The second-order valence-corrected chi connectivity index (χ2v) is 20.2. The van der Waals surface area contributed by atoms with Crippen LogP contribution < -0.4 is 22.1 Å². The number of carbonyl (C=O) groups excluding carboxylic acids is 1. The first-order valence-corrected chi connectivity index (χ1v) is 26.3. The SMILES string of the molecule is CC(O)CO.CCCCCCCCCCCC(=O)[O-].CCCCCCCCCCCCCCCC[N+](C)(C)C.CCCCCCCCCCCCCCCC[N+](C)(C)C.[Br-]. The summed E-state index contributed by atoms with van der Waals surface area (Å²) in [5, 5.41) is 26.1. The van der Waals surface area contributed by atoms with Gasteiger partial charge >= 0.3 is 0 Å². The van der Waals surface area contributed by atoms with E-state index >= 15 is 0 Å². The molecule has 368 valence electrons. The van der Waals surface area contributed by atoms with Crippen molar-refractivity contribution in [3.63, 3.8) is 0 Å². The molecule has 0 aromatic rings. The van der Waals surface area contributed by atoms with Crippen molar-refractivity contribution in [2.24, 2.45) is 0 Å². The lowest BCUT2D eigenvalue weighted by Gasteiger charge is -2.23. The number of carbonyl (C=O) groups is 1. The molecule has 0 bridgehead atoms. The van der Waals surface area contributed by atoms with E-state index in [0.717, 1.165) is 21.8 Å². The van der Waals surface area contributed by atoms with Crippen molar-refractivity contribution in [2.45, 2.75) is 278 Å². The molecule has 0 aliphatic rings. The van der Waals surface area contributed by atoms with Crippen molar-refractivity contribution in [3.05, 3.63) is 0 Å². The minimum Gasteiger partial charge on any atom is -1.00 e. The Morgan fingerprint density at radius 2 is 0.567 bits per heavy atom. The first-order valence-electron chi connectivity index (χ1n) is 26.3. The van der Waals surface area contributed by atoms with Gasteiger partial charge in [0.1, 0.15) is 0 Å². The van der Waals surface area contributed by atoms with E-state index in [9.17, 15) is 9.90 Å².